The van der Waals surface area contributed by atoms with Crippen LogP contribution < -0.4 is 20.7 Å². The van der Waals surface area contributed by atoms with Crippen LogP contribution in [0.25, 0.3) is 0 Å². The van der Waals surface area contributed by atoms with E-state index in [1.165, 1.54) is 0 Å². The van der Waals surface area contributed by atoms with Gasteiger partial charge >= 0.3 is 12.1 Å². The summed E-state index contributed by atoms with van der Waals surface area (Å²) >= 11 is 0. The van der Waals surface area contributed by atoms with Crippen LogP contribution in [-0.4, -0.2) is 84.9 Å². The Bertz CT molecular complexity index is 1450. The molecule has 4 rings (SSSR count). The fraction of sp³-hybridized carbons (Fsp3) is 0.412. The fourth-order valence-corrected chi connectivity index (χ4v) is 4.83. The van der Waals surface area contributed by atoms with E-state index >= 15 is 0 Å². The van der Waals surface area contributed by atoms with Gasteiger partial charge in [-0.2, -0.15) is 0 Å². The summed E-state index contributed by atoms with van der Waals surface area (Å²) in [6.45, 7) is 10.5. The third-order valence-corrected chi connectivity index (χ3v) is 7.13. The lowest BCUT2D eigenvalue weighted by molar-refractivity contribution is 0.0370. The van der Waals surface area contributed by atoms with Crippen LogP contribution in [0.2, 0.25) is 0 Å². The normalized spacial score (nSPS) is 13.4. The minimum Gasteiger partial charge on any atom is -0.495 e. The van der Waals surface area contributed by atoms with E-state index in [-0.39, 0.29) is 11.7 Å². The highest BCUT2D eigenvalue weighted by atomic mass is 16.6. The zero-order valence-electron chi connectivity index (χ0n) is 27.0. The molecule has 0 unspecified atom stereocenters. The lowest BCUT2D eigenvalue weighted by Crippen LogP contribution is -2.38. The summed E-state index contributed by atoms with van der Waals surface area (Å²) in [6, 6.07) is 17.2. The smallest absolute Gasteiger partial charge is 0.412 e. The molecule has 1 aliphatic rings. The number of aromatic nitrogens is 1. The van der Waals surface area contributed by atoms with Gasteiger partial charge in [0.15, 0.2) is 0 Å². The predicted octanol–water partition coefficient (Wildman–Crippen LogP) is 5.84. The highest BCUT2D eigenvalue weighted by molar-refractivity contribution is 6.05. The summed E-state index contributed by atoms with van der Waals surface area (Å²) in [5.74, 6) is 0.127. The molecular weight excluding hydrogens is 588 g/mol. The van der Waals surface area contributed by atoms with Crippen LogP contribution >= 0.6 is 0 Å². The van der Waals surface area contributed by atoms with Gasteiger partial charge in [-0.3, -0.25) is 20.0 Å². The largest absolute Gasteiger partial charge is 0.495 e. The lowest BCUT2D eigenvalue weighted by atomic mass is 10.2. The van der Waals surface area contributed by atoms with E-state index in [4.69, 9.17) is 14.2 Å². The van der Waals surface area contributed by atoms with E-state index in [1.807, 2.05) is 12.1 Å². The molecule has 1 aromatic heterocycles. The van der Waals surface area contributed by atoms with E-state index in [0.29, 0.717) is 35.9 Å². The molecule has 12 heteroatoms. The predicted molar refractivity (Wildman–Crippen MR) is 177 cm³/mol. The number of hydrogen-bond donors (Lipinski definition) is 3. The first-order chi connectivity index (χ1) is 22.1. The molecule has 3 aromatic rings. The van der Waals surface area contributed by atoms with Gasteiger partial charge in [0.2, 0.25) is 0 Å². The molecule has 2 heterocycles. The van der Waals surface area contributed by atoms with Gasteiger partial charge < -0.3 is 29.7 Å². The molecule has 0 radical (unpaired) electrons. The second kappa shape index (κ2) is 16.6. The number of morpholine rings is 1. The second-order valence-electron chi connectivity index (χ2n) is 11.9. The topological polar surface area (TPSA) is 134 Å². The van der Waals surface area contributed by atoms with E-state index in [9.17, 15) is 14.4 Å². The van der Waals surface area contributed by atoms with Gasteiger partial charge in [-0.1, -0.05) is 30.3 Å². The minimum absolute atomic E-state index is 0.186. The number of amides is 4. The Morgan fingerprint density at radius 2 is 1.57 bits per heavy atom. The number of rotatable bonds is 12. The number of unbranched alkanes of at least 4 members (excludes halogenated alkanes) is 1. The molecule has 0 aliphatic carbocycles. The summed E-state index contributed by atoms with van der Waals surface area (Å²) in [5, 5.41) is 8.45. The number of nitrogens with one attached hydrogen (secondary N) is 3. The Morgan fingerprint density at radius 1 is 0.891 bits per heavy atom. The Hall–Kier alpha value is -4.68. The van der Waals surface area contributed by atoms with E-state index in [0.717, 1.165) is 51.3 Å². The third-order valence-electron chi connectivity index (χ3n) is 7.13. The quantitative estimate of drug-likeness (QED) is 0.212. The number of pyridine rings is 1. The van der Waals surface area contributed by atoms with E-state index in [2.05, 4.69) is 25.8 Å². The summed E-state index contributed by atoms with van der Waals surface area (Å²) in [5.41, 5.74) is 1.67. The van der Waals surface area contributed by atoms with Crippen LogP contribution in [0.5, 0.6) is 5.75 Å². The van der Waals surface area contributed by atoms with Gasteiger partial charge in [0, 0.05) is 32.4 Å². The zero-order chi connectivity index (χ0) is 32.9. The number of urea groups is 1. The molecule has 1 aliphatic heterocycles. The zero-order valence-corrected chi connectivity index (χ0v) is 27.0. The average molecular weight is 633 g/mol. The van der Waals surface area contributed by atoms with Crippen molar-refractivity contribution in [1.29, 1.82) is 0 Å². The van der Waals surface area contributed by atoms with Gasteiger partial charge in [0.05, 0.1) is 37.4 Å². The molecule has 2 aromatic carbocycles. The van der Waals surface area contributed by atoms with Gasteiger partial charge in [0.25, 0.3) is 5.91 Å². The summed E-state index contributed by atoms with van der Waals surface area (Å²) < 4.78 is 16.2. The van der Waals surface area contributed by atoms with E-state index < -0.39 is 17.6 Å². The van der Waals surface area contributed by atoms with Crippen molar-refractivity contribution >= 4 is 35.1 Å². The summed E-state index contributed by atoms with van der Waals surface area (Å²) in [6.07, 6.45) is 2.73. The highest BCUT2D eigenvalue weighted by Crippen LogP contribution is 2.25. The number of carbonyl (C=O) groups excluding carboxylic acids is 3. The van der Waals surface area contributed by atoms with Crippen molar-refractivity contribution in [3.63, 3.8) is 0 Å². The molecule has 1 saturated heterocycles. The maximum Gasteiger partial charge on any atom is 0.412 e. The van der Waals surface area contributed by atoms with E-state index in [1.54, 1.807) is 87.5 Å². The fourth-order valence-electron chi connectivity index (χ4n) is 4.83. The maximum atomic E-state index is 13.5. The molecule has 4 amide bonds. The molecule has 46 heavy (non-hydrogen) atoms. The number of ether oxygens (including phenoxy) is 3. The molecule has 0 atom stereocenters. The molecule has 0 bridgehead atoms. The van der Waals surface area contributed by atoms with Crippen molar-refractivity contribution in [1.82, 2.24) is 14.8 Å². The van der Waals surface area contributed by atoms with Crippen molar-refractivity contribution < 1.29 is 28.6 Å². The minimum atomic E-state index is -0.665. The highest BCUT2D eigenvalue weighted by Gasteiger charge is 2.20. The molecule has 3 N–H and O–H groups in total. The number of methoxy groups -OCH3 is 1. The number of nitrogens with zero attached hydrogens (tertiary/aromatic N) is 3. The summed E-state index contributed by atoms with van der Waals surface area (Å²) in [7, 11) is 1.56. The van der Waals surface area contributed by atoms with Gasteiger partial charge in [-0.25, -0.2) is 9.59 Å². The standard InChI is InChI=1S/C34H44N6O6/c1-34(2,3)46-33(43)38-27-12-6-5-11-26(27)36-31(41)29-16-15-25(23-35-29)24-40(18-10-9-17-39-19-21-45-22-20-39)32(42)37-28-13-7-8-14-30(28)44-4/h5-8,11-16,23H,9-10,17-22,24H2,1-4H3,(H,36,41)(H,37,42)(H,38,43). The SMILES string of the molecule is COc1ccccc1NC(=O)N(CCCCN1CCOCC1)Cc1ccc(C(=O)Nc2ccccc2NC(=O)OC(C)(C)C)nc1. The number of benzene rings is 2. The summed E-state index contributed by atoms with van der Waals surface area (Å²) in [4.78, 5) is 47.3. The monoisotopic (exact) mass is 632 g/mol. The molecular formula is C34H44N6O6. The van der Waals surface area contributed by atoms with Crippen LogP contribution in [0.4, 0.5) is 26.7 Å². The number of para-hydroxylation sites is 4. The van der Waals surface area contributed by atoms with Crippen LogP contribution in [0.3, 0.4) is 0 Å². The Morgan fingerprint density at radius 3 is 2.22 bits per heavy atom. The number of carbonyl (C=O) groups is 3. The van der Waals surface area contributed by atoms with Crippen molar-refractivity contribution in [2.24, 2.45) is 0 Å². The third kappa shape index (κ3) is 10.7. The number of hydrogen-bond acceptors (Lipinski definition) is 8. The van der Waals surface area contributed by atoms with Crippen molar-refractivity contribution in [3.05, 3.63) is 78.1 Å². The molecule has 246 valence electrons. The Balaban J connectivity index is 1.40. The first kappa shape index (κ1) is 34.2. The van der Waals surface area contributed by atoms with Crippen LogP contribution in [0, 0.1) is 0 Å². The molecule has 0 spiro atoms. The molecule has 0 saturated carbocycles. The van der Waals surface area contributed by atoms with Crippen LogP contribution in [-0.2, 0) is 16.0 Å². The maximum absolute atomic E-state index is 13.5. The second-order valence-corrected chi connectivity index (χ2v) is 11.9. The molecule has 12 nitrogen and oxygen atoms in total. The first-order valence-electron chi connectivity index (χ1n) is 15.5. The Labute approximate surface area is 270 Å². The van der Waals surface area contributed by atoms with Crippen molar-refractivity contribution in [3.8, 4) is 5.75 Å². The van der Waals surface area contributed by atoms with Gasteiger partial charge in [0.1, 0.15) is 17.0 Å². The molecule has 1 fully saturated rings. The van der Waals surface area contributed by atoms with Crippen molar-refractivity contribution in [2.75, 3.05) is 62.5 Å². The lowest BCUT2D eigenvalue weighted by Gasteiger charge is -2.27. The van der Waals surface area contributed by atoms with Crippen LogP contribution in [0.1, 0.15) is 49.7 Å². The van der Waals surface area contributed by atoms with Gasteiger partial charge in [-0.15, -0.1) is 0 Å². The van der Waals surface area contributed by atoms with Gasteiger partial charge in [-0.05, 0) is 76.1 Å². The average Bonchev–Trinajstić information content (AvgIpc) is 3.03. The Kier molecular flexibility index (Phi) is 12.3. The first-order valence-corrected chi connectivity index (χ1v) is 15.5. The number of anilines is 3. The van der Waals surface area contributed by atoms with Crippen LogP contribution in [0.15, 0.2) is 66.9 Å². The van der Waals surface area contributed by atoms with Crippen molar-refractivity contribution in [2.45, 2.75) is 45.8 Å².